The lowest BCUT2D eigenvalue weighted by molar-refractivity contribution is -0.158. The number of carbonyl (C=O) groups is 2. The molecule has 0 fully saturated rings. The fraction of sp³-hybridized carbons (Fsp3) is 0.241. The predicted octanol–water partition coefficient (Wildman–Crippen LogP) is 5.59. The van der Waals surface area contributed by atoms with Gasteiger partial charge in [-0.1, -0.05) is 97.9 Å². The predicted molar refractivity (Wildman–Crippen MR) is 128 cm³/mol. The van der Waals surface area contributed by atoms with Gasteiger partial charge in [-0.25, -0.2) is 4.79 Å². The van der Waals surface area contributed by atoms with Crippen LogP contribution in [-0.2, 0) is 27.2 Å². The van der Waals surface area contributed by atoms with Gasteiger partial charge in [0.1, 0.15) is 0 Å². The second-order valence-electron chi connectivity index (χ2n) is 8.46. The molecule has 1 aliphatic rings. The number of Topliss-reactive ketones (excluding diaryl/α,β-unsaturated/α-hetero) is 1. The largest absolute Gasteiger partial charge is 0.504 e. The number of aliphatic hydroxyl groups excluding tert-OH is 1. The number of hydrogen-bond donors (Lipinski definition) is 1. The lowest BCUT2D eigenvalue weighted by Gasteiger charge is -2.32. The molecule has 3 aromatic carbocycles. The highest BCUT2D eigenvalue weighted by Gasteiger charge is 2.43. The van der Waals surface area contributed by atoms with E-state index in [4.69, 9.17) is 4.74 Å². The van der Waals surface area contributed by atoms with Crippen molar-refractivity contribution < 1.29 is 19.4 Å². The fourth-order valence-corrected chi connectivity index (χ4v) is 4.63. The van der Waals surface area contributed by atoms with E-state index in [9.17, 15) is 14.7 Å². The van der Waals surface area contributed by atoms with E-state index in [1.807, 2.05) is 97.9 Å². The number of ketones is 1. The van der Waals surface area contributed by atoms with Gasteiger partial charge in [-0.05, 0) is 36.0 Å². The van der Waals surface area contributed by atoms with Gasteiger partial charge in [0.15, 0.2) is 11.9 Å². The Morgan fingerprint density at radius 1 is 0.788 bits per heavy atom. The van der Waals surface area contributed by atoms with Crippen LogP contribution in [0.15, 0.2) is 102 Å². The number of carbonyl (C=O) groups excluding carboxylic acids is 2. The number of cyclic esters (lactones) is 1. The van der Waals surface area contributed by atoms with Crippen molar-refractivity contribution in [2.45, 2.75) is 38.2 Å². The molecule has 0 aliphatic carbocycles. The average molecular weight is 441 g/mol. The molecule has 4 nitrogen and oxygen atoms in total. The molecule has 0 aromatic heterocycles. The molecule has 2 unspecified atom stereocenters. The number of esters is 1. The third-order valence-corrected chi connectivity index (χ3v) is 6.27. The Morgan fingerprint density at radius 2 is 1.27 bits per heavy atom. The summed E-state index contributed by atoms with van der Waals surface area (Å²) in [6, 6.07) is 29.1. The number of hydrogen-bond acceptors (Lipinski definition) is 4. The summed E-state index contributed by atoms with van der Waals surface area (Å²) in [7, 11) is 0. The summed E-state index contributed by atoms with van der Waals surface area (Å²) in [5.41, 5.74) is 3.03. The normalized spacial score (nSPS) is 17.2. The zero-order valence-electron chi connectivity index (χ0n) is 18.7. The maximum atomic E-state index is 13.4. The van der Waals surface area contributed by atoms with Gasteiger partial charge in [0.25, 0.3) is 0 Å². The van der Waals surface area contributed by atoms with E-state index in [-0.39, 0.29) is 11.5 Å². The van der Waals surface area contributed by atoms with Gasteiger partial charge in [-0.15, -0.1) is 0 Å². The van der Waals surface area contributed by atoms with Crippen LogP contribution in [0.1, 0.15) is 36.0 Å². The van der Waals surface area contributed by atoms with Crippen LogP contribution in [0.25, 0.3) is 0 Å². The van der Waals surface area contributed by atoms with Gasteiger partial charge in [0.05, 0.1) is 5.57 Å². The van der Waals surface area contributed by atoms with Crippen LogP contribution in [0, 0.1) is 5.92 Å². The molecular weight excluding hydrogens is 412 g/mol. The minimum Gasteiger partial charge on any atom is -0.504 e. The molecule has 3 aromatic rings. The van der Waals surface area contributed by atoms with Crippen LogP contribution in [0.5, 0.6) is 0 Å². The van der Waals surface area contributed by atoms with Gasteiger partial charge in [-0.3, -0.25) is 4.79 Å². The van der Waals surface area contributed by atoms with Gasteiger partial charge >= 0.3 is 5.97 Å². The van der Waals surface area contributed by atoms with E-state index in [0.29, 0.717) is 19.3 Å². The lowest BCUT2D eigenvalue weighted by Crippen LogP contribution is -2.43. The van der Waals surface area contributed by atoms with Crippen molar-refractivity contribution in [1.29, 1.82) is 0 Å². The molecule has 168 valence electrons. The molecule has 1 N–H and O–H groups in total. The Bertz CT molecular complexity index is 1080. The van der Waals surface area contributed by atoms with Gasteiger partial charge < -0.3 is 9.84 Å². The quantitative estimate of drug-likeness (QED) is 0.464. The summed E-state index contributed by atoms with van der Waals surface area (Å²) in [4.78, 5) is 26.5. The molecule has 1 aliphatic heterocycles. The van der Waals surface area contributed by atoms with E-state index >= 15 is 0 Å². The van der Waals surface area contributed by atoms with Crippen molar-refractivity contribution in [2.75, 3.05) is 0 Å². The summed E-state index contributed by atoms with van der Waals surface area (Å²) >= 11 is 0. The van der Waals surface area contributed by atoms with E-state index in [1.54, 1.807) is 0 Å². The lowest BCUT2D eigenvalue weighted by atomic mass is 9.81. The van der Waals surface area contributed by atoms with Crippen molar-refractivity contribution in [3.8, 4) is 0 Å². The average Bonchev–Trinajstić information content (AvgIpc) is 2.85. The fourth-order valence-electron chi connectivity index (χ4n) is 4.63. The Morgan fingerprint density at radius 3 is 1.76 bits per heavy atom. The smallest absolute Gasteiger partial charge is 0.339 e. The van der Waals surface area contributed by atoms with E-state index in [0.717, 1.165) is 16.7 Å². The Labute approximate surface area is 194 Å². The number of ether oxygens (including phenoxy) is 1. The summed E-state index contributed by atoms with van der Waals surface area (Å²) in [5, 5.41) is 11.0. The molecule has 2 atom stereocenters. The van der Waals surface area contributed by atoms with Crippen molar-refractivity contribution in [3.05, 3.63) is 119 Å². The first-order valence-corrected chi connectivity index (χ1v) is 11.4. The van der Waals surface area contributed by atoms with Crippen LogP contribution >= 0.6 is 0 Å². The minimum absolute atomic E-state index is 0.0584. The second-order valence-corrected chi connectivity index (χ2v) is 8.46. The summed E-state index contributed by atoms with van der Waals surface area (Å²) in [5.74, 6) is -2.29. The molecule has 33 heavy (non-hydrogen) atoms. The molecule has 1 heterocycles. The van der Waals surface area contributed by atoms with Crippen LogP contribution < -0.4 is 0 Å². The highest BCUT2D eigenvalue weighted by molar-refractivity contribution is 6.09. The first-order valence-electron chi connectivity index (χ1n) is 11.4. The number of benzene rings is 3. The van der Waals surface area contributed by atoms with Crippen molar-refractivity contribution in [1.82, 2.24) is 0 Å². The van der Waals surface area contributed by atoms with Crippen molar-refractivity contribution >= 4 is 11.8 Å². The number of aliphatic hydroxyl groups is 1. The molecule has 0 amide bonds. The highest BCUT2D eigenvalue weighted by atomic mass is 16.6. The van der Waals surface area contributed by atoms with Crippen LogP contribution in [0.2, 0.25) is 0 Å². The minimum atomic E-state index is -1.03. The summed E-state index contributed by atoms with van der Waals surface area (Å²) in [6.07, 6.45) is 0.638. The molecule has 4 rings (SSSR count). The van der Waals surface area contributed by atoms with Crippen molar-refractivity contribution in [3.63, 3.8) is 0 Å². The monoisotopic (exact) mass is 440 g/mol. The van der Waals surface area contributed by atoms with E-state index in [1.165, 1.54) is 0 Å². The molecule has 0 saturated heterocycles. The standard InChI is InChI=1S/C29H28O4/c1-2-24(22-16-10-5-11-17-22)25-26(30)27(31)28(33-29(25)32)23(18-20-12-6-3-7-13-20)19-21-14-8-4-9-15-21/h3-17,23-24,28,30H,2,18-19H2,1H3. The first kappa shape index (κ1) is 22.5. The van der Waals surface area contributed by atoms with Crippen LogP contribution in [-0.4, -0.2) is 23.0 Å². The maximum absolute atomic E-state index is 13.4. The highest BCUT2D eigenvalue weighted by Crippen LogP contribution is 2.36. The van der Waals surface area contributed by atoms with Crippen LogP contribution in [0.3, 0.4) is 0 Å². The topological polar surface area (TPSA) is 63.6 Å². The third kappa shape index (κ3) is 5.06. The van der Waals surface area contributed by atoms with Gasteiger partial charge in [-0.2, -0.15) is 0 Å². The molecule has 0 spiro atoms. The Hall–Kier alpha value is -3.66. The SMILES string of the molecule is CCC(C1=C(O)C(=O)C(C(Cc2ccccc2)Cc2ccccc2)OC1=O)c1ccccc1. The summed E-state index contributed by atoms with van der Waals surface area (Å²) in [6.45, 7) is 1.93. The zero-order valence-corrected chi connectivity index (χ0v) is 18.7. The maximum Gasteiger partial charge on any atom is 0.339 e. The second kappa shape index (κ2) is 10.3. The molecular formula is C29H28O4. The molecule has 4 heteroatoms. The van der Waals surface area contributed by atoms with E-state index in [2.05, 4.69) is 0 Å². The van der Waals surface area contributed by atoms with Gasteiger partial charge in [0, 0.05) is 11.8 Å². The Balaban J connectivity index is 1.67. The third-order valence-electron chi connectivity index (χ3n) is 6.27. The molecule has 0 bridgehead atoms. The zero-order chi connectivity index (χ0) is 23.2. The van der Waals surface area contributed by atoms with Crippen molar-refractivity contribution in [2.24, 2.45) is 5.92 Å². The Kier molecular flexibility index (Phi) is 7.04. The summed E-state index contributed by atoms with van der Waals surface area (Å²) < 4.78 is 5.79. The van der Waals surface area contributed by atoms with Gasteiger partial charge in [0.2, 0.25) is 5.78 Å². The number of rotatable bonds is 8. The molecule has 0 saturated carbocycles. The van der Waals surface area contributed by atoms with E-state index < -0.39 is 29.5 Å². The molecule has 0 radical (unpaired) electrons. The first-order chi connectivity index (χ1) is 16.1. The van der Waals surface area contributed by atoms with Crippen LogP contribution in [0.4, 0.5) is 0 Å².